The largest absolute Gasteiger partial charge is 0.395 e. The minimum atomic E-state index is -0.556. The summed E-state index contributed by atoms with van der Waals surface area (Å²) >= 11 is 3.31. The van der Waals surface area contributed by atoms with Gasteiger partial charge in [0.2, 0.25) is 0 Å². The maximum absolute atomic E-state index is 9.11. The number of halogens is 1. The van der Waals surface area contributed by atoms with Gasteiger partial charge in [-0.1, -0.05) is 0 Å². The van der Waals surface area contributed by atoms with Crippen molar-refractivity contribution >= 4 is 27.0 Å². The molecule has 0 aliphatic heterocycles. The van der Waals surface area contributed by atoms with Crippen molar-refractivity contribution in [2.75, 3.05) is 6.61 Å². The van der Waals surface area contributed by atoms with Gasteiger partial charge in [0.25, 0.3) is 0 Å². The first-order valence-corrected chi connectivity index (χ1v) is 5.46. The molecule has 0 aliphatic rings. The second kappa shape index (κ2) is 4.56. The van der Waals surface area contributed by atoms with Crippen molar-refractivity contribution in [1.82, 2.24) is 9.97 Å². The minimum absolute atomic E-state index is 0.215. The van der Waals surface area contributed by atoms with Gasteiger partial charge >= 0.3 is 0 Å². The van der Waals surface area contributed by atoms with E-state index in [4.69, 9.17) is 10.4 Å². The van der Waals surface area contributed by atoms with E-state index in [1.54, 1.807) is 18.5 Å². The zero-order valence-corrected chi connectivity index (χ0v) is 9.85. The molecule has 0 spiro atoms. The van der Waals surface area contributed by atoms with E-state index in [9.17, 15) is 0 Å². The number of aliphatic hydroxyl groups excluding tert-OH is 1. The Hall–Kier alpha value is -1.51. The van der Waals surface area contributed by atoms with E-state index in [0.717, 1.165) is 4.47 Å². The SMILES string of the molecule is N#CC(CO)c1ccnc2cc(Br)cnc12. The average molecular weight is 278 g/mol. The molecule has 2 aromatic rings. The molecule has 1 unspecified atom stereocenters. The Kier molecular flexibility index (Phi) is 3.13. The fraction of sp³-hybridized carbons (Fsp3) is 0.182. The molecule has 5 heteroatoms. The van der Waals surface area contributed by atoms with Gasteiger partial charge in [-0.3, -0.25) is 9.97 Å². The molecule has 0 saturated heterocycles. The van der Waals surface area contributed by atoms with E-state index in [2.05, 4.69) is 25.9 Å². The smallest absolute Gasteiger partial charge is 0.0965 e. The van der Waals surface area contributed by atoms with E-state index in [1.165, 1.54) is 0 Å². The molecule has 1 atom stereocenters. The highest BCUT2D eigenvalue weighted by molar-refractivity contribution is 9.10. The highest BCUT2D eigenvalue weighted by atomic mass is 79.9. The van der Waals surface area contributed by atoms with Crippen LogP contribution in [0.2, 0.25) is 0 Å². The van der Waals surface area contributed by atoms with Crippen LogP contribution in [-0.2, 0) is 0 Å². The second-order valence-corrected chi connectivity index (χ2v) is 4.20. The lowest BCUT2D eigenvalue weighted by Gasteiger charge is -2.08. The molecular formula is C11H8BrN3O. The lowest BCUT2D eigenvalue weighted by Crippen LogP contribution is -2.03. The number of aliphatic hydroxyl groups is 1. The Morgan fingerprint density at radius 3 is 3.00 bits per heavy atom. The first kappa shape index (κ1) is 11.0. The summed E-state index contributed by atoms with van der Waals surface area (Å²) in [5.74, 6) is -0.556. The summed E-state index contributed by atoms with van der Waals surface area (Å²) in [5.41, 5.74) is 2.08. The van der Waals surface area contributed by atoms with Crippen LogP contribution in [0.15, 0.2) is 29.0 Å². The molecule has 1 N–H and O–H groups in total. The molecule has 0 saturated carbocycles. The highest BCUT2D eigenvalue weighted by Crippen LogP contribution is 2.23. The molecular weight excluding hydrogens is 270 g/mol. The predicted molar refractivity (Wildman–Crippen MR) is 62.7 cm³/mol. The number of aromatic nitrogens is 2. The van der Waals surface area contributed by atoms with Crippen molar-refractivity contribution in [2.45, 2.75) is 5.92 Å². The van der Waals surface area contributed by atoms with Crippen LogP contribution in [0.1, 0.15) is 11.5 Å². The van der Waals surface area contributed by atoms with Crippen LogP contribution in [0, 0.1) is 11.3 Å². The number of hydrogen-bond donors (Lipinski definition) is 1. The molecule has 2 aromatic heterocycles. The average Bonchev–Trinajstić information content (AvgIpc) is 2.30. The molecule has 80 valence electrons. The van der Waals surface area contributed by atoms with Crippen LogP contribution in [0.25, 0.3) is 11.0 Å². The van der Waals surface area contributed by atoms with Gasteiger partial charge in [0.05, 0.1) is 29.6 Å². The Bertz CT molecular complexity index is 565. The van der Waals surface area contributed by atoms with E-state index in [-0.39, 0.29) is 6.61 Å². The number of rotatable bonds is 2. The maximum atomic E-state index is 9.11. The van der Waals surface area contributed by atoms with Gasteiger partial charge in [0, 0.05) is 22.4 Å². The van der Waals surface area contributed by atoms with Crippen LogP contribution in [-0.4, -0.2) is 21.7 Å². The van der Waals surface area contributed by atoms with Crippen molar-refractivity contribution in [1.29, 1.82) is 5.26 Å². The summed E-state index contributed by atoms with van der Waals surface area (Å²) in [6.07, 6.45) is 3.27. The summed E-state index contributed by atoms with van der Waals surface area (Å²) in [7, 11) is 0. The molecule has 0 bridgehead atoms. The lowest BCUT2D eigenvalue weighted by atomic mass is 10.0. The Morgan fingerprint density at radius 2 is 2.31 bits per heavy atom. The van der Waals surface area contributed by atoms with Gasteiger partial charge in [-0.15, -0.1) is 0 Å². The third kappa shape index (κ3) is 1.90. The Balaban J connectivity index is 2.67. The molecule has 0 aliphatic carbocycles. The standard InChI is InChI=1S/C11H8BrN3O/c12-8-3-10-11(15-5-8)9(1-2-14-10)7(4-13)6-16/h1-3,5,7,16H,6H2. The van der Waals surface area contributed by atoms with Crippen molar-refractivity contribution in [3.8, 4) is 6.07 Å². The van der Waals surface area contributed by atoms with Gasteiger partial charge in [0.15, 0.2) is 0 Å². The lowest BCUT2D eigenvalue weighted by molar-refractivity contribution is 0.286. The topological polar surface area (TPSA) is 69.8 Å². The molecule has 0 fully saturated rings. The molecule has 0 radical (unpaired) electrons. The number of nitrogens with zero attached hydrogens (tertiary/aromatic N) is 3. The van der Waals surface area contributed by atoms with Crippen LogP contribution in [0.5, 0.6) is 0 Å². The molecule has 0 aromatic carbocycles. The zero-order valence-electron chi connectivity index (χ0n) is 8.26. The van der Waals surface area contributed by atoms with E-state index in [1.807, 2.05) is 12.1 Å². The summed E-state index contributed by atoms with van der Waals surface area (Å²) in [6, 6.07) is 5.59. The maximum Gasteiger partial charge on any atom is 0.0965 e. The van der Waals surface area contributed by atoms with Crippen LogP contribution < -0.4 is 0 Å². The van der Waals surface area contributed by atoms with Gasteiger partial charge in [-0.05, 0) is 28.1 Å². The van der Waals surface area contributed by atoms with Crippen LogP contribution in [0.3, 0.4) is 0 Å². The van der Waals surface area contributed by atoms with Crippen molar-refractivity contribution in [3.63, 3.8) is 0 Å². The van der Waals surface area contributed by atoms with Crippen molar-refractivity contribution in [3.05, 3.63) is 34.6 Å². The summed E-state index contributed by atoms with van der Waals surface area (Å²) in [4.78, 5) is 8.40. The molecule has 16 heavy (non-hydrogen) atoms. The van der Waals surface area contributed by atoms with Gasteiger partial charge in [-0.2, -0.15) is 5.26 Å². The van der Waals surface area contributed by atoms with Crippen LogP contribution in [0.4, 0.5) is 0 Å². The predicted octanol–water partition coefficient (Wildman–Crippen LogP) is 1.99. The monoisotopic (exact) mass is 277 g/mol. The first-order valence-electron chi connectivity index (χ1n) is 4.67. The van der Waals surface area contributed by atoms with Gasteiger partial charge in [-0.25, -0.2) is 0 Å². The van der Waals surface area contributed by atoms with Gasteiger partial charge < -0.3 is 5.11 Å². The fourth-order valence-corrected chi connectivity index (χ4v) is 1.84. The van der Waals surface area contributed by atoms with Crippen molar-refractivity contribution < 1.29 is 5.11 Å². The molecule has 0 amide bonds. The third-order valence-electron chi connectivity index (χ3n) is 2.29. The quantitative estimate of drug-likeness (QED) is 0.912. The summed E-state index contributed by atoms with van der Waals surface area (Å²) in [6.45, 7) is -0.215. The number of fused-ring (bicyclic) bond motifs is 1. The Labute approximate surface area is 101 Å². The minimum Gasteiger partial charge on any atom is -0.395 e. The zero-order chi connectivity index (χ0) is 11.5. The van der Waals surface area contributed by atoms with E-state index >= 15 is 0 Å². The molecule has 2 heterocycles. The molecule has 2 rings (SSSR count). The number of nitriles is 1. The fourth-order valence-electron chi connectivity index (χ4n) is 1.52. The third-order valence-corrected chi connectivity index (χ3v) is 2.72. The number of hydrogen-bond acceptors (Lipinski definition) is 4. The highest BCUT2D eigenvalue weighted by Gasteiger charge is 2.14. The second-order valence-electron chi connectivity index (χ2n) is 3.29. The molecule has 4 nitrogen and oxygen atoms in total. The summed E-state index contributed by atoms with van der Waals surface area (Å²) in [5, 5.41) is 18.0. The first-order chi connectivity index (χ1) is 7.76. The number of pyridine rings is 2. The van der Waals surface area contributed by atoms with E-state index < -0.39 is 5.92 Å². The van der Waals surface area contributed by atoms with Crippen LogP contribution >= 0.6 is 15.9 Å². The Morgan fingerprint density at radius 1 is 1.50 bits per heavy atom. The van der Waals surface area contributed by atoms with Crippen molar-refractivity contribution in [2.24, 2.45) is 0 Å². The van der Waals surface area contributed by atoms with Gasteiger partial charge in [0.1, 0.15) is 0 Å². The van der Waals surface area contributed by atoms with E-state index in [0.29, 0.717) is 16.6 Å². The normalized spacial score (nSPS) is 12.3. The summed E-state index contributed by atoms with van der Waals surface area (Å²) < 4.78 is 0.835.